The average Bonchev–Trinajstić information content (AvgIpc) is 3.21. The zero-order valence-corrected chi connectivity index (χ0v) is 17.2. The van der Waals surface area contributed by atoms with Crippen molar-refractivity contribution in [2.24, 2.45) is 0 Å². The highest BCUT2D eigenvalue weighted by Crippen LogP contribution is 2.17. The molecule has 6 heteroatoms. The van der Waals surface area contributed by atoms with Crippen LogP contribution in [0, 0.1) is 5.82 Å². The quantitative estimate of drug-likeness (QED) is 0.366. The molecule has 1 aromatic carbocycles. The third-order valence-electron chi connectivity index (χ3n) is 2.58. The Balaban J connectivity index is 0. The zero-order chi connectivity index (χ0) is 20.4. The maximum absolute atomic E-state index is 12.8. The van der Waals surface area contributed by atoms with Crippen LogP contribution in [0.15, 0.2) is 35.0 Å². The molecule has 0 radical (unpaired) electrons. The molecule has 0 amide bonds. The number of hydrogen-bond donors (Lipinski definition) is 0. The van der Waals surface area contributed by atoms with Crippen LogP contribution in [0.4, 0.5) is 4.39 Å². The summed E-state index contributed by atoms with van der Waals surface area (Å²) in [6.07, 6.45) is 0.627. The number of benzene rings is 1. The largest absolute Gasteiger partial charge is 0.490 e. The molecule has 1 heterocycles. The lowest BCUT2D eigenvalue weighted by atomic mass is 10.2. The van der Waals surface area contributed by atoms with Crippen LogP contribution in [0.1, 0.15) is 55.3 Å². The molecule has 0 saturated heterocycles. The molecule has 0 aliphatic carbocycles. The van der Waals surface area contributed by atoms with E-state index in [1.807, 2.05) is 44.5 Å². The molecule has 0 fully saturated rings. The number of ketones is 1. The van der Waals surface area contributed by atoms with Gasteiger partial charge in [0.15, 0.2) is 12.1 Å². The second-order valence-electron chi connectivity index (χ2n) is 4.21. The monoisotopic (exact) mass is 384 g/mol. The Bertz CT molecular complexity index is 598. The average molecular weight is 385 g/mol. The maximum atomic E-state index is 12.8. The van der Waals surface area contributed by atoms with Crippen LogP contribution in [0.3, 0.4) is 0 Å². The number of hydrogen-bond acceptors (Lipinski definition) is 5. The summed E-state index contributed by atoms with van der Waals surface area (Å²) in [6.45, 7) is 10.3. The summed E-state index contributed by atoms with van der Waals surface area (Å²) in [4.78, 5) is 21.1. The molecule has 0 atom stereocenters. The zero-order valence-electron chi connectivity index (χ0n) is 16.4. The molecule has 2 aromatic rings. The first-order chi connectivity index (χ1) is 12.6. The summed E-state index contributed by atoms with van der Waals surface area (Å²) < 4.78 is 22.7. The van der Waals surface area contributed by atoms with Gasteiger partial charge in [-0.2, -0.15) is 11.3 Å². The number of aldehydes is 1. The summed E-state index contributed by atoms with van der Waals surface area (Å²) in [7, 11) is 1.54. The smallest absolute Gasteiger partial charge is 0.160 e. The predicted octanol–water partition coefficient (Wildman–Crippen LogP) is 5.67. The van der Waals surface area contributed by atoms with Gasteiger partial charge in [-0.1, -0.05) is 27.7 Å². The fourth-order valence-electron chi connectivity index (χ4n) is 1.43. The number of carbonyl (C=O) groups excluding carboxylic acids is 2. The molecule has 0 aliphatic heterocycles. The van der Waals surface area contributed by atoms with E-state index in [0.717, 1.165) is 5.56 Å². The Morgan fingerprint density at radius 3 is 2.23 bits per heavy atom. The van der Waals surface area contributed by atoms with Crippen molar-refractivity contribution in [3.8, 4) is 5.75 Å². The second kappa shape index (κ2) is 17.8. The first kappa shape index (κ1) is 26.2. The summed E-state index contributed by atoms with van der Waals surface area (Å²) in [5, 5.41) is 3.75. The van der Waals surface area contributed by atoms with Crippen LogP contribution < -0.4 is 4.74 Å². The van der Waals surface area contributed by atoms with E-state index in [-0.39, 0.29) is 11.5 Å². The standard InChI is InChI=1S/C10H11FO3.C6H6OS.2C2H6/c1-13-4-5-14-10-6-9(11)3-2-8(10)7-12;1-5(7)6-2-3-8-4-6;2*1-2/h2-3,6-7H,4-5H2,1H3;2-4H,1H3;2*1-2H3. The van der Waals surface area contributed by atoms with Crippen LogP contribution in [0.2, 0.25) is 0 Å². The van der Waals surface area contributed by atoms with Crippen LogP contribution >= 0.6 is 11.3 Å². The van der Waals surface area contributed by atoms with Crippen LogP contribution in [0.25, 0.3) is 0 Å². The number of halogens is 1. The third-order valence-corrected chi connectivity index (χ3v) is 3.26. The first-order valence-corrected chi connectivity index (χ1v) is 9.42. The molecule has 26 heavy (non-hydrogen) atoms. The normalized spacial score (nSPS) is 8.58. The van der Waals surface area contributed by atoms with Crippen molar-refractivity contribution < 1.29 is 23.5 Å². The van der Waals surface area contributed by atoms with E-state index in [9.17, 15) is 14.0 Å². The van der Waals surface area contributed by atoms with Gasteiger partial charge in [0, 0.05) is 24.1 Å². The van der Waals surface area contributed by atoms with Crippen LogP contribution in [0.5, 0.6) is 5.75 Å². The van der Waals surface area contributed by atoms with Gasteiger partial charge in [0.25, 0.3) is 0 Å². The van der Waals surface area contributed by atoms with Crippen molar-refractivity contribution in [3.63, 3.8) is 0 Å². The SMILES string of the molecule is CC.CC.CC(=O)c1ccsc1.COCCOc1cc(F)ccc1C=O. The van der Waals surface area contributed by atoms with E-state index in [1.54, 1.807) is 18.3 Å². The van der Waals surface area contributed by atoms with Gasteiger partial charge in [0.05, 0.1) is 12.2 Å². The van der Waals surface area contributed by atoms with E-state index >= 15 is 0 Å². The number of rotatable bonds is 6. The predicted molar refractivity (Wildman–Crippen MR) is 106 cm³/mol. The van der Waals surface area contributed by atoms with Crippen molar-refractivity contribution in [1.29, 1.82) is 0 Å². The second-order valence-corrected chi connectivity index (χ2v) is 4.99. The minimum absolute atomic E-state index is 0.145. The van der Waals surface area contributed by atoms with Gasteiger partial charge in [0.2, 0.25) is 0 Å². The molecular formula is C20H29FO4S. The molecule has 0 aliphatic rings. The number of thiophene rings is 1. The van der Waals surface area contributed by atoms with Crippen molar-refractivity contribution in [3.05, 3.63) is 52.0 Å². The summed E-state index contributed by atoms with van der Waals surface area (Å²) >= 11 is 1.55. The highest BCUT2D eigenvalue weighted by molar-refractivity contribution is 7.08. The van der Waals surface area contributed by atoms with Gasteiger partial charge < -0.3 is 9.47 Å². The summed E-state index contributed by atoms with van der Waals surface area (Å²) in [5.74, 6) is -0.0358. The minimum Gasteiger partial charge on any atom is -0.490 e. The van der Waals surface area contributed by atoms with Gasteiger partial charge in [0.1, 0.15) is 18.2 Å². The highest BCUT2D eigenvalue weighted by Gasteiger charge is 2.04. The highest BCUT2D eigenvalue weighted by atomic mass is 32.1. The fourth-order valence-corrected chi connectivity index (χ4v) is 2.13. The Morgan fingerprint density at radius 1 is 1.15 bits per heavy atom. The van der Waals surface area contributed by atoms with E-state index in [0.29, 0.717) is 25.1 Å². The number of ether oxygens (including phenoxy) is 2. The Labute approximate surface area is 160 Å². The molecule has 0 unspecified atom stereocenters. The molecule has 146 valence electrons. The molecule has 0 bridgehead atoms. The lowest BCUT2D eigenvalue weighted by molar-refractivity contribution is 0.101. The van der Waals surface area contributed by atoms with Crippen LogP contribution in [-0.2, 0) is 4.74 Å². The summed E-state index contributed by atoms with van der Waals surface area (Å²) in [5.41, 5.74) is 1.15. The first-order valence-electron chi connectivity index (χ1n) is 8.48. The van der Waals surface area contributed by atoms with Crippen molar-refractivity contribution in [2.75, 3.05) is 20.3 Å². The Kier molecular flexibility index (Phi) is 17.9. The van der Waals surface area contributed by atoms with E-state index in [2.05, 4.69) is 0 Å². The van der Waals surface area contributed by atoms with Crippen LogP contribution in [-0.4, -0.2) is 32.4 Å². The van der Waals surface area contributed by atoms with Gasteiger partial charge in [-0.3, -0.25) is 9.59 Å². The van der Waals surface area contributed by atoms with Gasteiger partial charge in [-0.25, -0.2) is 4.39 Å². The van der Waals surface area contributed by atoms with Gasteiger partial charge >= 0.3 is 0 Å². The number of carbonyl (C=O) groups is 2. The van der Waals surface area contributed by atoms with Crippen molar-refractivity contribution in [1.82, 2.24) is 0 Å². The lowest BCUT2D eigenvalue weighted by Crippen LogP contribution is -2.06. The molecule has 4 nitrogen and oxygen atoms in total. The molecule has 0 saturated carbocycles. The van der Waals surface area contributed by atoms with Gasteiger partial charge in [-0.05, 0) is 30.5 Å². The van der Waals surface area contributed by atoms with E-state index in [1.165, 1.54) is 25.3 Å². The van der Waals surface area contributed by atoms with Crippen molar-refractivity contribution in [2.45, 2.75) is 34.6 Å². The lowest BCUT2D eigenvalue weighted by Gasteiger charge is -2.07. The molecule has 0 spiro atoms. The number of methoxy groups -OCH3 is 1. The maximum Gasteiger partial charge on any atom is 0.160 e. The number of Topliss-reactive ketones (excluding diaryl/α,β-unsaturated/α-hetero) is 1. The Morgan fingerprint density at radius 2 is 1.81 bits per heavy atom. The topological polar surface area (TPSA) is 52.6 Å². The third kappa shape index (κ3) is 11.5. The summed E-state index contributed by atoms with van der Waals surface area (Å²) in [6, 6.07) is 5.60. The fraction of sp³-hybridized carbons (Fsp3) is 0.400. The van der Waals surface area contributed by atoms with Crippen molar-refractivity contribution >= 4 is 23.4 Å². The van der Waals surface area contributed by atoms with E-state index in [4.69, 9.17) is 9.47 Å². The minimum atomic E-state index is -0.428. The molecular weight excluding hydrogens is 355 g/mol. The molecule has 0 N–H and O–H groups in total. The molecule has 2 rings (SSSR count). The van der Waals surface area contributed by atoms with Gasteiger partial charge in [-0.15, -0.1) is 0 Å². The molecule has 1 aromatic heterocycles. The Hall–Kier alpha value is -2.05. The van der Waals surface area contributed by atoms with E-state index < -0.39 is 5.82 Å².